The summed E-state index contributed by atoms with van der Waals surface area (Å²) in [6, 6.07) is 5.51. The Kier molecular flexibility index (Phi) is 3.30. The summed E-state index contributed by atoms with van der Waals surface area (Å²) in [7, 11) is 0. The van der Waals surface area contributed by atoms with E-state index < -0.39 is 5.97 Å². The van der Waals surface area contributed by atoms with Crippen LogP contribution in [-0.4, -0.2) is 35.9 Å². The Morgan fingerprint density at radius 2 is 2.26 bits per heavy atom. The Bertz CT molecular complexity index is 631. The molecule has 1 fully saturated rings. The number of carbonyl (C=O) groups is 1. The van der Waals surface area contributed by atoms with Gasteiger partial charge in [0.15, 0.2) is 0 Å². The van der Waals surface area contributed by atoms with Gasteiger partial charge in [0.25, 0.3) is 0 Å². The van der Waals surface area contributed by atoms with Gasteiger partial charge < -0.3 is 19.6 Å². The van der Waals surface area contributed by atoms with Crippen molar-refractivity contribution in [1.82, 2.24) is 4.98 Å². The van der Waals surface area contributed by atoms with E-state index in [0.717, 1.165) is 9.99 Å². The number of benzene rings is 1. The lowest BCUT2D eigenvalue weighted by Crippen LogP contribution is -2.23. The second-order valence-corrected chi connectivity index (χ2v) is 5.26. The number of hydrogen-bond donors (Lipinski definition) is 2. The van der Waals surface area contributed by atoms with Crippen molar-refractivity contribution >= 4 is 32.8 Å². The van der Waals surface area contributed by atoms with Crippen LogP contribution < -0.4 is 0 Å². The molecular formula is C13H12BrNO4. The molecule has 2 aromatic rings. The van der Waals surface area contributed by atoms with E-state index in [9.17, 15) is 9.90 Å². The van der Waals surface area contributed by atoms with Crippen LogP contribution in [0.3, 0.4) is 0 Å². The number of aromatic carboxylic acids is 1. The number of nitrogens with one attached hydrogen (secondary N) is 1. The van der Waals surface area contributed by atoms with Crippen LogP contribution in [-0.2, 0) is 9.47 Å². The Balaban J connectivity index is 2.17. The van der Waals surface area contributed by atoms with Crippen molar-refractivity contribution < 1.29 is 19.4 Å². The fourth-order valence-electron chi connectivity index (χ4n) is 2.31. The van der Waals surface area contributed by atoms with Gasteiger partial charge in [-0.05, 0) is 18.2 Å². The Morgan fingerprint density at radius 3 is 2.95 bits per heavy atom. The number of carboxylic acid groups (broad SMARTS) is 1. The molecule has 0 saturated carbocycles. The highest BCUT2D eigenvalue weighted by molar-refractivity contribution is 9.10. The normalized spacial score (nSPS) is 19.7. The van der Waals surface area contributed by atoms with Crippen LogP contribution in [0.5, 0.6) is 0 Å². The van der Waals surface area contributed by atoms with Crippen LogP contribution >= 0.6 is 15.9 Å². The number of hydrogen-bond acceptors (Lipinski definition) is 3. The van der Waals surface area contributed by atoms with Crippen LogP contribution in [0.4, 0.5) is 0 Å². The minimum atomic E-state index is -0.964. The minimum absolute atomic E-state index is 0.256. The van der Waals surface area contributed by atoms with Crippen molar-refractivity contribution in [2.45, 2.75) is 6.10 Å². The molecule has 19 heavy (non-hydrogen) atoms. The molecule has 1 aromatic heterocycles. The molecule has 1 unspecified atom stereocenters. The zero-order chi connectivity index (χ0) is 13.4. The largest absolute Gasteiger partial charge is 0.478 e. The molecule has 6 heteroatoms. The summed E-state index contributed by atoms with van der Waals surface area (Å²) in [6.07, 6.45) is -0.356. The Hall–Kier alpha value is -1.37. The number of halogens is 1. The standard InChI is InChI=1S/C13H12BrNO4/c14-7-1-2-9-8(5-7)11(13(16)17)12(15-9)10-6-18-3-4-19-10/h1-2,5,10,15H,3-4,6H2,(H,16,17). The van der Waals surface area contributed by atoms with Crippen molar-refractivity contribution in [2.24, 2.45) is 0 Å². The van der Waals surface area contributed by atoms with Gasteiger partial charge in [-0.25, -0.2) is 4.79 Å². The highest BCUT2D eigenvalue weighted by atomic mass is 79.9. The lowest BCUT2D eigenvalue weighted by molar-refractivity contribution is -0.0917. The van der Waals surface area contributed by atoms with Gasteiger partial charge in [0, 0.05) is 15.4 Å². The predicted molar refractivity (Wildman–Crippen MR) is 72.5 cm³/mol. The first-order valence-electron chi connectivity index (χ1n) is 5.90. The van der Waals surface area contributed by atoms with E-state index in [1.54, 1.807) is 6.07 Å². The van der Waals surface area contributed by atoms with Gasteiger partial charge in [-0.1, -0.05) is 15.9 Å². The lowest BCUT2D eigenvalue weighted by atomic mass is 10.1. The molecule has 2 heterocycles. The van der Waals surface area contributed by atoms with Gasteiger partial charge in [0.1, 0.15) is 6.10 Å². The maximum atomic E-state index is 11.5. The predicted octanol–water partition coefficient (Wildman–Crippen LogP) is 2.72. The second-order valence-electron chi connectivity index (χ2n) is 4.34. The Morgan fingerprint density at radius 1 is 1.42 bits per heavy atom. The highest BCUT2D eigenvalue weighted by Crippen LogP contribution is 2.31. The average molecular weight is 326 g/mol. The summed E-state index contributed by atoms with van der Waals surface area (Å²) in [5.41, 5.74) is 1.61. The van der Waals surface area contributed by atoms with Gasteiger partial charge in [-0.3, -0.25) is 0 Å². The molecule has 5 nitrogen and oxygen atoms in total. The molecular weight excluding hydrogens is 314 g/mol. The van der Waals surface area contributed by atoms with Crippen molar-refractivity contribution in [1.29, 1.82) is 0 Å². The molecule has 0 amide bonds. The van der Waals surface area contributed by atoms with Gasteiger partial charge in [0.2, 0.25) is 0 Å². The molecule has 1 aliphatic rings. The molecule has 100 valence electrons. The quantitative estimate of drug-likeness (QED) is 0.890. The third kappa shape index (κ3) is 2.27. The molecule has 2 N–H and O–H groups in total. The maximum absolute atomic E-state index is 11.5. The first kappa shape index (κ1) is 12.7. The third-order valence-corrected chi connectivity index (χ3v) is 3.63. The summed E-state index contributed by atoms with van der Waals surface area (Å²) in [5, 5.41) is 10.1. The molecule has 1 saturated heterocycles. The van der Waals surface area contributed by atoms with Crippen molar-refractivity contribution in [3.63, 3.8) is 0 Å². The van der Waals surface area contributed by atoms with E-state index >= 15 is 0 Å². The molecule has 0 aliphatic carbocycles. The molecule has 1 aliphatic heterocycles. The van der Waals surface area contributed by atoms with Crippen molar-refractivity contribution in [2.75, 3.05) is 19.8 Å². The van der Waals surface area contributed by atoms with Crippen molar-refractivity contribution in [3.8, 4) is 0 Å². The summed E-state index contributed by atoms with van der Waals surface area (Å²) < 4.78 is 11.8. The summed E-state index contributed by atoms with van der Waals surface area (Å²) in [5.74, 6) is -0.964. The summed E-state index contributed by atoms with van der Waals surface area (Å²) in [4.78, 5) is 14.7. The van der Waals surface area contributed by atoms with E-state index in [1.165, 1.54) is 0 Å². The monoisotopic (exact) mass is 325 g/mol. The number of aromatic amines is 1. The maximum Gasteiger partial charge on any atom is 0.338 e. The third-order valence-electron chi connectivity index (χ3n) is 3.14. The summed E-state index contributed by atoms with van der Waals surface area (Å²) >= 11 is 3.36. The number of carboxylic acids is 1. The fourth-order valence-corrected chi connectivity index (χ4v) is 2.67. The van der Waals surface area contributed by atoms with Crippen LogP contribution in [0, 0.1) is 0 Å². The molecule has 0 bridgehead atoms. The van der Waals surface area contributed by atoms with Crippen molar-refractivity contribution in [3.05, 3.63) is 33.9 Å². The molecule has 0 spiro atoms. The van der Waals surface area contributed by atoms with E-state index in [2.05, 4.69) is 20.9 Å². The van der Waals surface area contributed by atoms with Gasteiger partial charge in [-0.2, -0.15) is 0 Å². The number of rotatable bonds is 2. The SMILES string of the molecule is O=C(O)c1c(C2COCCO2)[nH]c2ccc(Br)cc12. The van der Waals surface area contributed by atoms with Gasteiger partial charge in [-0.15, -0.1) is 0 Å². The van der Waals surface area contributed by atoms with Crippen LogP contribution in [0.2, 0.25) is 0 Å². The molecule has 1 aromatic carbocycles. The smallest absolute Gasteiger partial charge is 0.338 e. The lowest BCUT2D eigenvalue weighted by Gasteiger charge is -2.22. The van der Waals surface area contributed by atoms with E-state index in [-0.39, 0.29) is 11.7 Å². The van der Waals surface area contributed by atoms with Crippen LogP contribution in [0.15, 0.2) is 22.7 Å². The fraction of sp³-hybridized carbons (Fsp3) is 0.308. The van der Waals surface area contributed by atoms with E-state index in [1.807, 2.05) is 12.1 Å². The molecule has 0 radical (unpaired) electrons. The number of fused-ring (bicyclic) bond motifs is 1. The number of ether oxygens (including phenoxy) is 2. The van der Waals surface area contributed by atoms with Gasteiger partial charge in [0.05, 0.1) is 31.1 Å². The summed E-state index contributed by atoms with van der Waals surface area (Å²) in [6.45, 7) is 1.39. The number of H-pyrrole nitrogens is 1. The average Bonchev–Trinajstić information content (AvgIpc) is 2.78. The first-order valence-corrected chi connectivity index (χ1v) is 6.70. The first-order chi connectivity index (χ1) is 9.16. The van der Waals surface area contributed by atoms with Crippen LogP contribution in [0.1, 0.15) is 22.2 Å². The minimum Gasteiger partial charge on any atom is -0.478 e. The van der Waals surface area contributed by atoms with Gasteiger partial charge >= 0.3 is 5.97 Å². The molecule has 1 atom stereocenters. The highest BCUT2D eigenvalue weighted by Gasteiger charge is 2.26. The second kappa shape index (κ2) is 4.96. The Labute approximate surface area is 117 Å². The topological polar surface area (TPSA) is 71.6 Å². The van der Waals surface area contributed by atoms with Crippen LogP contribution in [0.25, 0.3) is 10.9 Å². The zero-order valence-electron chi connectivity index (χ0n) is 9.98. The molecule has 3 rings (SSSR count). The number of aromatic nitrogens is 1. The zero-order valence-corrected chi connectivity index (χ0v) is 11.6. The van der Waals surface area contributed by atoms with E-state index in [4.69, 9.17) is 9.47 Å². The van der Waals surface area contributed by atoms with E-state index in [0.29, 0.717) is 30.9 Å².